The molecule has 0 atom stereocenters. The Morgan fingerprint density at radius 3 is 2.79 bits per heavy atom. The van der Waals surface area contributed by atoms with E-state index in [1.165, 1.54) is 6.08 Å². The molecule has 0 fully saturated rings. The molecule has 0 saturated heterocycles. The lowest BCUT2D eigenvalue weighted by atomic mass is 10.2. The summed E-state index contributed by atoms with van der Waals surface area (Å²) in [6.45, 7) is 5.19. The fourth-order valence-corrected chi connectivity index (χ4v) is 3.06. The van der Waals surface area contributed by atoms with Crippen molar-refractivity contribution in [1.29, 1.82) is 0 Å². The topological polar surface area (TPSA) is 59.1 Å². The van der Waals surface area contributed by atoms with Gasteiger partial charge in [-0.3, -0.25) is 9.71 Å². The lowest BCUT2D eigenvalue weighted by molar-refractivity contribution is 0.589. The second-order valence-corrected chi connectivity index (χ2v) is 5.67. The van der Waals surface area contributed by atoms with E-state index in [4.69, 9.17) is 0 Å². The van der Waals surface area contributed by atoms with Crippen molar-refractivity contribution in [2.45, 2.75) is 11.8 Å². The van der Waals surface area contributed by atoms with Gasteiger partial charge in [0.1, 0.15) is 4.90 Å². The van der Waals surface area contributed by atoms with E-state index in [9.17, 15) is 8.42 Å². The Morgan fingerprint density at radius 2 is 2.05 bits per heavy atom. The summed E-state index contributed by atoms with van der Waals surface area (Å²) in [4.78, 5) is 4.31. The Kier molecular flexibility index (Phi) is 3.66. The van der Waals surface area contributed by atoms with E-state index in [1.54, 1.807) is 37.4 Å². The highest BCUT2D eigenvalue weighted by Crippen LogP contribution is 2.20. The Labute approximate surface area is 112 Å². The van der Waals surface area contributed by atoms with Gasteiger partial charge in [-0.1, -0.05) is 30.9 Å². The summed E-state index contributed by atoms with van der Waals surface area (Å²) in [7, 11) is -3.64. The van der Waals surface area contributed by atoms with E-state index in [0.717, 1.165) is 5.39 Å². The molecule has 1 N–H and O–H groups in total. The minimum atomic E-state index is -3.64. The molecular formula is C14H14N2O2S. The molecule has 19 heavy (non-hydrogen) atoms. The van der Waals surface area contributed by atoms with E-state index in [0.29, 0.717) is 11.2 Å². The largest absolute Gasteiger partial charge is 0.284 e. The fourth-order valence-electron chi connectivity index (χ4n) is 1.77. The van der Waals surface area contributed by atoms with Crippen LogP contribution in [0.15, 0.2) is 65.9 Å². The maximum atomic E-state index is 12.3. The standard InChI is InChI=1S/C14H14N2O2S/c1-3-6-11(2)16-19(17,18)13-9-4-7-12-8-5-10-15-14(12)13/h3-10,16H,1H2,2H3/b11-6+. The molecular weight excluding hydrogens is 260 g/mol. The summed E-state index contributed by atoms with van der Waals surface area (Å²) in [5, 5.41) is 0.788. The van der Waals surface area contributed by atoms with Crippen LogP contribution in [-0.2, 0) is 10.0 Å². The molecule has 5 heteroatoms. The van der Waals surface area contributed by atoms with Crippen molar-refractivity contribution in [3.63, 3.8) is 0 Å². The molecule has 1 heterocycles. The van der Waals surface area contributed by atoms with Crippen LogP contribution in [0, 0.1) is 0 Å². The molecule has 1 aromatic heterocycles. The van der Waals surface area contributed by atoms with Crippen LogP contribution in [0.4, 0.5) is 0 Å². The number of allylic oxidation sites excluding steroid dienone is 3. The zero-order valence-corrected chi connectivity index (χ0v) is 11.3. The number of hydrogen-bond acceptors (Lipinski definition) is 3. The minimum Gasteiger partial charge on any atom is -0.284 e. The smallest absolute Gasteiger partial charge is 0.263 e. The number of para-hydroxylation sites is 1. The summed E-state index contributed by atoms with van der Waals surface area (Å²) in [5.41, 5.74) is 0.965. The summed E-state index contributed by atoms with van der Waals surface area (Å²) in [6.07, 6.45) is 4.70. The van der Waals surface area contributed by atoms with E-state index >= 15 is 0 Å². The Balaban J connectivity index is 2.55. The first-order valence-corrected chi connectivity index (χ1v) is 7.19. The van der Waals surface area contributed by atoms with Crippen LogP contribution in [0.25, 0.3) is 10.9 Å². The van der Waals surface area contributed by atoms with Gasteiger partial charge in [0.15, 0.2) is 0 Å². The van der Waals surface area contributed by atoms with Crippen LogP contribution in [0.2, 0.25) is 0 Å². The molecule has 0 spiro atoms. The van der Waals surface area contributed by atoms with Gasteiger partial charge in [-0.05, 0) is 25.1 Å². The van der Waals surface area contributed by atoms with Gasteiger partial charge < -0.3 is 0 Å². The highest BCUT2D eigenvalue weighted by Gasteiger charge is 2.17. The third-order valence-corrected chi connectivity index (χ3v) is 4.05. The zero-order chi connectivity index (χ0) is 13.9. The van der Waals surface area contributed by atoms with Crippen molar-refractivity contribution in [1.82, 2.24) is 9.71 Å². The Bertz CT molecular complexity index is 744. The Morgan fingerprint density at radius 1 is 1.32 bits per heavy atom. The first-order valence-electron chi connectivity index (χ1n) is 5.70. The van der Waals surface area contributed by atoms with Gasteiger partial charge in [-0.25, -0.2) is 8.42 Å². The second kappa shape index (κ2) is 5.24. The van der Waals surface area contributed by atoms with Crippen LogP contribution in [0.5, 0.6) is 0 Å². The molecule has 2 aromatic rings. The van der Waals surface area contributed by atoms with Crippen LogP contribution >= 0.6 is 0 Å². The minimum absolute atomic E-state index is 0.169. The van der Waals surface area contributed by atoms with E-state index in [-0.39, 0.29) is 4.90 Å². The van der Waals surface area contributed by atoms with Crippen molar-refractivity contribution in [3.05, 3.63) is 61.0 Å². The predicted octanol–water partition coefficient (Wildman–Crippen LogP) is 2.60. The SMILES string of the molecule is C=C/C=C(\C)NS(=O)(=O)c1cccc2cccnc12. The lowest BCUT2D eigenvalue weighted by Gasteiger charge is -2.09. The lowest BCUT2D eigenvalue weighted by Crippen LogP contribution is -2.22. The van der Waals surface area contributed by atoms with Gasteiger partial charge in [0, 0.05) is 17.3 Å². The molecule has 0 aliphatic rings. The third kappa shape index (κ3) is 2.82. The summed E-state index contributed by atoms with van der Waals surface area (Å²) in [6, 6.07) is 8.67. The molecule has 2 rings (SSSR count). The van der Waals surface area contributed by atoms with E-state index < -0.39 is 10.0 Å². The van der Waals surface area contributed by atoms with Crippen molar-refractivity contribution >= 4 is 20.9 Å². The Hall–Kier alpha value is -2.14. The number of aromatic nitrogens is 1. The molecule has 0 aliphatic heterocycles. The number of sulfonamides is 1. The number of nitrogens with one attached hydrogen (secondary N) is 1. The van der Waals surface area contributed by atoms with Gasteiger partial charge >= 0.3 is 0 Å². The quantitative estimate of drug-likeness (QED) is 0.872. The van der Waals surface area contributed by atoms with Crippen LogP contribution in [-0.4, -0.2) is 13.4 Å². The summed E-state index contributed by atoms with van der Waals surface area (Å²) in [5.74, 6) is 0. The number of nitrogens with zero attached hydrogens (tertiary/aromatic N) is 1. The average molecular weight is 274 g/mol. The maximum Gasteiger partial charge on any atom is 0.263 e. The van der Waals surface area contributed by atoms with Crippen LogP contribution < -0.4 is 4.72 Å². The molecule has 1 aromatic carbocycles. The van der Waals surface area contributed by atoms with Gasteiger partial charge in [-0.15, -0.1) is 0 Å². The molecule has 98 valence electrons. The monoisotopic (exact) mass is 274 g/mol. The first kappa shape index (κ1) is 13.3. The number of pyridine rings is 1. The van der Waals surface area contributed by atoms with E-state index in [2.05, 4.69) is 16.3 Å². The molecule has 0 unspecified atom stereocenters. The number of fused-ring (bicyclic) bond motifs is 1. The van der Waals surface area contributed by atoms with Gasteiger partial charge in [-0.2, -0.15) is 0 Å². The van der Waals surface area contributed by atoms with Crippen LogP contribution in [0.3, 0.4) is 0 Å². The van der Waals surface area contributed by atoms with Gasteiger partial charge in [0.2, 0.25) is 0 Å². The zero-order valence-electron chi connectivity index (χ0n) is 10.5. The summed E-state index contributed by atoms with van der Waals surface area (Å²) >= 11 is 0. The number of benzene rings is 1. The second-order valence-electron chi connectivity index (χ2n) is 4.02. The number of rotatable bonds is 4. The van der Waals surface area contributed by atoms with Gasteiger partial charge in [0.25, 0.3) is 10.0 Å². The normalized spacial score (nSPS) is 12.4. The average Bonchev–Trinajstić information content (AvgIpc) is 2.37. The molecule has 0 bridgehead atoms. The molecule has 0 amide bonds. The van der Waals surface area contributed by atoms with Crippen molar-refractivity contribution < 1.29 is 8.42 Å². The first-order chi connectivity index (χ1) is 9.04. The maximum absolute atomic E-state index is 12.3. The van der Waals surface area contributed by atoms with E-state index in [1.807, 2.05) is 12.1 Å². The molecule has 0 aliphatic carbocycles. The van der Waals surface area contributed by atoms with Crippen molar-refractivity contribution in [3.8, 4) is 0 Å². The predicted molar refractivity (Wildman–Crippen MR) is 76.0 cm³/mol. The highest BCUT2D eigenvalue weighted by molar-refractivity contribution is 7.89. The van der Waals surface area contributed by atoms with Crippen molar-refractivity contribution in [2.24, 2.45) is 0 Å². The van der Waals surface area contributed by atoms with Gasteiger partial charge in [0.05, 0.1) is 5.52 Å². The molecule has 0 radical (unpaired) electrons. The molecule has 0 saturated carbocycles. The summed E-state index contributed by atoms with van der Waals surface area (Å²) < 4.78 is 27.1. The third-order valence-electron chi connectivity index (χ3n) is 2.55. The molecule has 4 nitrogen and oxygen atoms in total. The fraction of sp³-hybridized carbons (Fsp3) is 0.0714. The van der Waals surface area contributed by atoms with Crippen LogP contribution in [0.1, 0.15) is 6.92 Å². The number of hydrogen-bond donors (Lipinski definition) is 1. The highest BCUT2D eigenvalue weighted by atomic mass is 32.2. The van der Waals surface area contributed by atoms with Crippen molar-refractivity contribution in [2.75, 3.05) is 0 Å².